The average molecular weight is 582 g/mol. The Morgan fingerprint density at radius 2 is 2.08 bits per heavy atom. The standard InChI is InChI=1S/C25H30BrF2N5O4/c1-36-13-25-7-5-16(33(25)23(34)35)11-31(12-25)21-17-3-4-18(26)19(28)20(17)29-22(30-21)37-14-24-6-2-8-32(24)10-15(27)9-24/h3-4,15-16H,2,5-14H2,1H3,(H,34,35)/t15-,16+,24+,25-/m1/s1. The Hall–Kier alpha value is -2.31. The van der Waals surface area contributed by atoms with E-state index in [1.54, 1.807) is 19.2 Å². The number of aromatic nitrogens is 2. The number of benzene rings is 1. The fraction of sp³-hybridized carbons (Fsp3) is 0.640. The molecule has 4 aliphatic heterocycles. The summed E-state index contributed by atoms with van der Waals surface area (Å²) in [5.74, 6) is -0.0190. The number of ether oxygens (including phenoxy) is 2. The highest BCUT2D eigenvalue weighted by atomic mass is 79.9. The van der Waals surface area contributed by atoms with Crippen LogP contribution >= 0.6 is 15.9 Å². The van der Waals surface area contributed by atoms with Crippen molar-refractivity contribution in [3.63, 3.8) is 0 Å². The Morgan fingerprint density at radius 3 is 2.86 bits per heavy atom. The highest BCUT2D eigenvalue weighted by Gasteiger charge is 2.54. The largest absolute Gasteiger partial charge is 0.465 e. The molecule has 0 radical (unpaired) electrons. The smallest absolute Gasteiger partial charge is 0.408 e. The van der Waals surface area contributed by atoms with Gasteiger partial charge in [0.1, 0.15) is 24.1 Å². The minimum atomic E-state index is -0.964. The van der Waals surface area contributed by atoms with Gasteiger partial charge in [-0.25, -0.2) is 13.6 Å². The molecule has 0 spiro atoms. The molecule has 1 N–H and O–H groups in total. The van der Waals surface area contributed by atoms with E-state index in [1.165, 1.54) is 4.90 Å². The summed E-state index contributed by atoms with van der Waals surface area (Å²) in [6.07, 6.45) is 1.76. The Balaban J connectivity index is 1.37. The number of hydrogen-bond acceptors (Lipinski definition) is 7. The van der Waals surface area contributed by atoms with E-state index < -0.39 is 23.6 Å². The van der Waals surface area contributed by atoms with E-state index in [2.05, 4.69) is 25.8 Å². The van der Waals surface area contributed by atoms with Crippen LogP contribution in [0.1, 0.15) is 32.1 Å². The summed E-state index contributed by atoms with van der Waals surface area (Å²) in [4.78, 5) is 27.0. The average Bonchev–Trinajstić information content (AvgIpc) is 3.46. The van der Waals surface area contributed by atoms with Crippen molar-refractivity contribution in [3.8, 4) is 6.01 Å². The molecule has 6 rings (SSSR count). The molecule has 37 heavy (non-hydrogen) atoms. The molecular formula is C25H30BrF2N5O4. The summed E-state index contributed by atoms with van der Waals surface area (Å²) in [5, 5.41) is 10.5. The van der Waals surface area contributed by atoms with Crippen LogP contribution in [0.3, 0.4) is 0 Å². The third-order valence-corrected chi connectivity index (χ3v) is 9.22. The maximum Gasteiger partial charge on any atom is 0.408 e. The summed E-state index contributed by atoms with van der Waals surface area (Å²) in [6.45, 7) is 2.51. The SMILES string of the molecule is COC[C@@]12CC[C@@H](CN(c3nc(OC[C@@]45CCCN4C[C@H](F)C5)nc4c(F)c(Br)ccc34)C1)N2C(=O)O. The minimum absolute atomic E-state index is 0.0387. The maximum absolute atomic E-state index is 15.3. The monoisotopic (exact) mass is 581 g/mol. The molecule has 0 saturated carbocycles. The second-order valence-corrected chi connectivity index (χ2v) is 11.7. The van der Waals surface area contributed by atoms with Gasteiger partial charge < -0.3 is 19.5 Å². The van der Waals surface area contributed by atoms with Gasteiger partial charge in [-0.15, -0.1) is 0 Å². The zero-order valence-electron chi connectivity index (χ0n) is 20.6. The lowest BCUT2D eigenvalue weighted by Crippen LogP contribution is -2.65. The van der Waals surface area contributed by atoms with Crippen LogP contribution in [-0.2, 0) is 4.74 Å². The van der Waals surface area contributed by atoms with Gasteiger partial charge in [0, 0.05) is 38.6 Å². The van der Waals surface area contributed by atoms with Crippen LogP contribution in [0.4, 0.5) is 19.4 Å². The maximum atomic E-state index is 15.3. The van der Waals surface area contributed by atoms with Gasteiger partial charge in [-0.1, -0.05) is 0 Å². The second kappa shape index (κ2) is 9.16. The Morgan fingerprint density at radius 1 is 1.24 bits per heavy atom. The zero-order valence-corrected chi connectivity index (χ0v) is 22.2. The van der Waals surface area contributed by atoms with Gasteiger partial charge in [0.25, 0.3) is 0 Å². The van der Waals surface area contributed by atoms with Gasteiger partial charge in [-0.3, -0.25) is 9.80 Å². The van der Waals surface area contributed by atoms with Gasteiger partial charge in [0.2, 0.25) is 0 Å². The molecule has 4 saturated heterocycles. The van der Waals surface area contributed by atoms with E-state index in [1.807, 2.05) is 4.90 Å². The lowest BCUT2D eigenvalue weighted by atomic mass is 9.95. The predicted octanol–water partition coefficient (Wildman–Crippen LogP) is 3.83. The van der Waals surface area contributed by atoms with E-state index >= 15 is 4.39 Å². The van der Waals surface area contributed by atoms with Crippen molar-refractivity contribution in [2.45, 2.75) is 55.4 Å². The first-order valence-corrected chi connectivity index (χ1v) is 13.5. The van der Waals surface area contributed by atoms with Crippen LogP contribution in [0.2, 0.25) is 0 Å². The highest BCUT2D eigenvalue weighted by Crippen LogP contribution is 2.43. The summed E-state index contributed by atoms with van der Waals surface area (Å²) < 4.78 is 41.4. The number of anilines is 1. The molecule has 4 atom stereocenters. The molecule has 2 aromatic rings. The predicted molar refractivity (Wildman–Crippen MR) is 135 cm³/mol. The first-order valence-electron chi connectivity index (χ1n) is 12.7. The number of hydrogen-bond donors (Lipinski definition) is 1. The fourth-order valence-corrected chi connectivity index (χ4v) is 7.43. The van der Waals surface area contributed by atoms with Gasteiger partial charge >= 0.3 is 12.1 Å². The van der Waals surface area contributed by atoms with E-state index in [-0.39, 0.29) is 40.8 Å². The van der Waals surface area contributed by atoms with E-state index in [0.29, 0.717) is 50.1 Å². The molecule has 9 nitrogen and oxygen atoms in total. The van der Waals surface area contributed by atoms with Crippen LogP contribution in [-0.4, -0.2) is 101 Å². The third kappa shape index (κ3) is 4.02. The molecule has 4 aliphatic rings. The number of methoxy groups -OCH3 is 1. The molecule has 5 heterocycles. The van der Waals surface area contributed by atoms with Crippen molar-refractivity contribution in [2.75, 3.05) is 51.4 Å². The number of amides is 1. The number of nitrogens with zero attached hydrogens (tertiary/aromatic N) is 5. The van der Waals surface area contributed by atoms with E-state index in [4.69, 9.17) is 14.5 Å². The molecule has 12 heteroatoms. The molecule has 2 bridgehead atoms. The zero-order chi connectivity index (χ0) is 25.9. The first-order chi connectivity index (χ1) is 17.7. The lowest BCUT2D eigenvalue weighted by molar-refractivity contribution is 0.0178. The third-order valence-electron chi connectivity index (χ3n) is 8.60. The normalized spacial score (nSPS) is 31.4. The van der Waals surface area contributed by atoms with Crippen molar-refractivity contribution < 1.29 is 28.2 Å². The summed E-state index contributed by atoms with van der Waals surface area (Å²) in [6, 6.07) is 3.18. The number of piperazine rings is 1. The summed E-state index contributed by atoms with van der Waals surface area (Å²) in [5.41, 5.74) is -0.986. The van der Waals surface area contributed by atoms with Gasteiger partial charge in [0.05, 0.1) is 28.2 Å². The van der Waals surface area contributed by atoms with Gasteiger partial charge in [0.15, 0.2) is 5.82 Å². The van der Waals surface area contributed by atoms with Gasteiger partial charge in [-0.2, -0.15) is 9.97 Å². The topological polar surface area (TPSA) is 91.3 Å². The van der Waals surface area contributed by atoms with Crippen molar-refractivity contribution in [1.82, 2.24) is 19.8 Å². The molecule has 1 aromatic carbocycles. The molecule has 0 aliphatic carbocycles. The molecule has 200 valence electrons. The van der Waals surface area contributed by atoms with Crippen molar-refractivity contribution in [3.05, 3.63) is 22.4 Å². The highest BCUT2D eigenvalue weighted by molar-refractivity contribution is 9.10. The lowest BCUT2D eigenvalue weighted by Gasteiger charge is -2.47. The summed E-state index contributed by atoms with van der Waals surface area (Å²) in [7, 11) is 1.57. The molecule has 1 aromatic heterocycles. The number of rotatable bonds is 6. The quantitative estimate of drug-likeness (QED) is 0.550. The molecule has 1 amide bonds. The molecule has 0 unspecified atom stereocenters. The van der Waals surface area contributed by atoms with E-state index in [0.717, 1.165) is 19.4 Å². The van der Waals surface area contributed by atoms with Crippen LogP contribution in [0.5, 0.6) is 6.01 Å². The molecular weight excluding hydrogens is 552 g/mol. The van der Waals surface area contributed by atoms with Crippen molar-refractivity contribution >= 4 is 38.7 Å². The molecule has 4 fully saturated rings. The number of carbonyl (C=O) groups is 1. The van der Waals surface area contributed by atoms with Gasteiger partial charge in [-0.05, 0) is 60.3 Å². The minimum Gasteiger partial charge on any atom is -0.465 e. The Bertz CT molecular complexity index is 1240. The van der Waals surface area contributed by atoms with Crippen molar-refractivity contribution in [1.29, 1.82) is 0 Å². The number of fused-ring (bicyclic) bond motifs is 4. The van der Waals surface area contributed by atoms with Crippen LogP contribution in [0, 0.1) is 5.82 Å². The Labute approximate surface area is 221 Å². The second-order valence-electron chi connectivity index (χ2n) is 10.8. The van der Waals surface area contributed by atoms with E-state index in [9.17, 15) is 14.3 Å². The fourth-order valence-electron chi connectivity index (χ4n) is 7.11. The van der Waals surface area contributed by atoms with Crippen LogP contribution in [0.25, 0.3) is 10.9 Å². The number of halogens is 3. The van der Waals surface area contributed by atoms with Crippen molar-refractivity contribution in [2.24, 2.45) is 0 Å². The van der Waals surface area contributed by atoms with Crippen LogP contribution < -0.4 is 9.64 Å². The first kappa shape index (κ1) is 25.0. The summed E-state index contributed by atoms with van der Waals surface area (Å²) >= 11 is 3.25. The number of carboxylic acid groups (broad SMARTS) is 1. The Kier molecular flexibility index (Phi) is 6.19. The number of alkyl halides is 1. The van der Waals surface area contributed by atoms with Crippen LogP contribution in [0.15, 0.2) is 16.6 Å².